The van der Waals surface area contributed by atoms with Gasteiger partial charge in [0.25, 0.3) is 0 Å². The minimum absolute atomic E-state index is 0.229. The molecule has 2 N–H and O–H groups in total. The largest absolute Gasteiger partial charge is 0.494 e. The summed E-state index contributed by atoms with van der Waals surface area (Å²) in [6, 6.07) is 0. The number of rotatable bonds is 3. The van der Waals surface area contributed by atoms with Crippen molar-refractivity contribution in [3.8, 4) is 11.8 Å². The molecular formula is C11H14BrNO2. The zero-order chi connectivity index (χ0) is 10.8. The van der Waals surface area contributed by atoms with E-state index in [1.807, 2.05) is 12.2 Å². The molecule has 0 saturated heterocycles. The summed E-state index contributed by atoms with van der Waals surface area (Å²) < 4.78 is 1.60. The highest BCUT2D eigenvalue weighted by Gasteiger charge is 2.21. The lowest BCUT2D eigenvalue weighted by atomic mass is 10.0. The lowest BCUT2D eigenvalue weighted by molar-refractivity contribution is 0.365. The normalized spacial score (nSPS) is 14.2. The summed E-state index contributed by atoms with van der Waals surface area (Å²) in [7, 11) is 0. The summed E-state index contributed by atoms with van der Waals surface area (Å²) in [6.45, 7) is 0.649. The maximum atomic E-state index is 9.94. The highest BCUT2D eigenvalue weighted by molar-refractivity contribution is 9.09. The van der Waals surface area contributed by atoms with E-state index in [9.17, 15) is 10.2 Å². The first kappa shape index (κ1) is 10.6. The third-order valence-corrected chi connectivity index (χ3v) is 3.30. The third kappa shape index (κ3) is 1.78. The van der Waals surface area contributed by atoms with Crippen LogP contribution >= 0.6 is 15.9 Å². The van der Waals surface area contributed by atoms with Gasteiger partial charge < -0.3 is 10.2 Å². The Bertz CT molecular complexity index is 364. The Morgan fingerprint density at radius 2 is 1.67 bits per heavy atom. The average Bonchev–Trinajstić information content (AvgIpc) is 2.51. The fourth-order valence-electron chi connectivity index (χ4n) is 1.96. The topological polar surface area (TPSA) is 45.4 Å². The molecule has 1 aliphatic carbocycles. The number of halogens is 1. The third-order valence-electron chi connectivity index (χ3n) is 2.74. The maximum absolute atomic E-state index is 9.94. The number of aromatic hydroxyl groups is 2. The molecule has 2 rings (SSSR count). The van der Waals surface area contributed by atoms with Crippen molar-refractivity contribution in [3.05, 3.63) is 23.3 Å². The van der Waals surface area contributed by atoms with E-state index in [4.69, 9.17) is 0 Å². The van der Waals surface area contributed by atoms with Crippen molar-refractivity contribution in [1.29, 1.82) is 0 Å². The Morgan fingerprint density at radius 1 is 1.13 bits per heavy atom. The second-order valence-corrected chi connectivity index (χ2v) is 4.47. The molecule has 0 aromatic carbocycles. The van der Waals surface area contributed by atoms with E-state index in [-0.39, 0.29) is 11.8 Å². The molecule has 1 heterocycles. The fraction of sp³-hybridized carbons (Fsp3) is 0.455. The number of nitrogens with zero attached hydrogens (tertiary/aromatic N) is 1. The highest BCUT2D eigenvalue weighted by Crippen LogP contribution is 2.36. The molecule has 82 valence electrons. The summed E-state index contributed by atoms with van der Waals surface area (Å²) >= 11 is 3.34. The molecule has 0 atom stereocenters. The van der Waals surface area contributed by atoms with Crippen LogP contribution in [0, 0.1) is 0 Å². The van der Waals surface area contributed by atoms with Crippen molar-refractivity contribution in [2.45, 2.75) is 25.8 Å². The van der Waals surface area contributed by atoms with Gasteiger partial charge in [0.2, 0.25) is 0 Å². The predicted octanol–water partition coefficient (Wildman–Crippen LogP) is 2.34. The van der Waals surface area contributed by atoms with E-state index < -0.39 is 0 Å². The maximum Gasteiger partial charge on any atom is 0.197 e. The van der Waals surface area contributed by atoms with Crippen molar-refractivity contribution in [1.82, 2.24) is 4.57 Å². The number of fused-ring (bicyclic) bond motifs is 1. The quantitative estimate of drug-likeness (QED) is 0.655. The molecule has 0 saturated carbocycles. The number of allylic oxidation sites excluding steroid dienone is 2. The first-order valence-electron chi connectivity index (χ1n) is 5.08. The Labute approximate surface area is 97.2 Å². The molecular weight excluding hydrogens is 258 g/mol. The van der Waals surface area contributed by atoms with Crippen LogP contribution in [0.5, 0.6) is 11.8 Å². The number of aromatic nitrogens is 1. The Kier molecular flexibility index (Phi) is 3.05. The van der Waals surface area contributed by atoms with E-state index >= 15 is 0 Å². The van der Waals surface area contributed by atoms with E-state index in [0.717, 1.165) is 35.7 Å². The van der Waals surface area contributed by atoms with Crippen LogP contribution in [0.25, 0.3) is 0 Å². The molecule has 1 aromatic rings. The Balaban J connectivity index is 2.35. The monoisotopic (exact) mass is 271 g/mol. The smallest absolute Gasteiger partial charge is 0.197 e. The van der Waals surface area contributed by atoms with E-state index in [2.05, 4.69) is 15.9 Å². The van der Waals surface area contributed by atoms with Crippen molar-refractivity contribution < 1.29 is 10.2 Å². The second kappa shape index (κ2) is 4.31. The van der Waals surface area contributed by atoms with E-state index in [0.29, 0.717) is 6.54 Å². The van der Waals surface area contributed by atoms with Gasteiger partial charge in [-0.1, -0.05) is 28.1 Å². The van der Waals surface area contributed by atoms with Crippen molar-refractivity contribution in [2.24, 2.45) is 0 Å². The first-order valence-corrected chi connectivity index (χ1v) is 6.21. The molecule has 1 aromatic heterocycles. The Morgan fingerprint density at radius 3 is 2.13 bits per heavy atom. The van der Waals surface area contributed by atoms with E-state index in [1.165, 1.54) is 0 Å². The van der Waals surface area contributed by atoms with Crippen LogP contribution in [0.2, 0.25) is 0 Å². The SMILES string of the molecule is Oc1c2c(c(O)n1CCCBr)CC=CC2. The minimum atomic E-state index is 0.229. The van der Waals surface area contributed by atoms with Crippen LogP contribution in [0.4, 0.5) is 0 Å². The molecule has 0 bridgehead atoms. The van der Waals surface area contributed by atoms with Gasteiger partial charge in [-0.15, -0.1) is 0 Å². The van der Waals surface area contributed by atoms with Gasteiger partial charge in [0.05, 0.1) is 0 Å². The molecule has 4 heteroatoms. The van der Waals surface area contributed by atoms with Gasteiger partial charge in [-0.05, 0) is 19.3 Å². The molecule has 3 nitrogen and oxygen atoms in total. The first-order chi connectivity index (χ1) is 7.25. The van der Waals surface area contributed by atoms with Crippen LogP contribution < -0.4 is 0 Å². The van der Waals surface area contributed by atoms with Crippen molar-refractivity contribution in [2.75, 3.05) is 5.33 Å². The van der Waals surface area contributed by atoms with Gasteiger partial charge >= 0.3 is 0 Å². The van der Waals surface area contributed by atoms with E-state index in [1.54, 1.807) is 4.57 Å². The standard InChI is InChI=1S/C11H14BrNO2/c12-6-3-7-13-10(14)8-4-1-2-5-9(8)11(13)15/h1-2,14-15H,3-7H2. The molecule has 1 aliphatic rings. The summed E-state index contributed by atoms with van der Waals surface area (Å²) in [5.74, 6) is 0.459. The van der Waals surface area contributed by atoms with Crippen molar-refractivity contribution >= 4 is 15.9 Å². The lowest BCUT2D eigenvalue weighted by Gasteiger charge is -2.04. The van der Waals surface area contributed by atoms with Gasteiger partial charge in [0, 0.05) is 23.0 Å². The molecule has 15 heavy (non-hydrogen) atoms. The zero-order valence-corrected chi connectivity index (χ0v) is 10.00. The number of alkyl halides is 1. The van der Waals surface area contributed by atoms with Gasteiger partial charge in [-0.25, -0.2) is 0 Å². The second-order valence-electron chi connectivity index (χ2n) is 3.68. The average molecular weight is 272 g/mol. The number of hydrogen-bond acceptors (Lipinski definition) is 2. The van der Waals surface area contributed by atoms with Gasteiger partial charge in [-0.3, -0.25) is 4.57 Å². The Hall–Kier alpha value is -0.900. The minimum Gasteiger partial charge on any atom is -0.494 e. The van der Waals surface area contributed by atoms with Crippen LogP contribution in [-0.2, 0) is 19.4 Å². The van der Waals surface area contributed by atoms with Crippen molar-refractivity contribution in [3.63, 3.8) is 0 Å². The fourth-order valence-corrected chi connectivity index (χ4v) is 2.21. The highest BCUT2D eigenvalue weighted by atomic mass is 79.9. The molecule has 0 fully saturated rings. The summed E-state index contributed by atoms with van der Waals surface area (Å²) in [6.07, 6.45) is 6.38. The number of hydrogen-bond donors (Lipinski definition) is 2. The van der Waals surface area contributed by atoms with Gasteiger partial charge in [-0.2, -0.15) is 0 Å². The zero-order valence-electron chi connectivity index (χ0n) is 8.41. The van der Waals surface area contributed by atoms with Crippen LogP contribution in [0.15, 0.2) is 12.2 Å². The molecule has 0 amide bonds. The van der Waals surface area contributed by atoms with Gasteiger partial charge in [0.15, 0.2) is 11.8 Å². The lowest BCUT2D eigenvalue weighted by Crippen LogP contribution is -1.97. The van der Waals surface area contributed by atoms with Crippen LogP contribution in [0.3, 0.4) is 0 Å². The van der Waals surface area contributed by atoms with Crippen LogP contribution in [-0.4, -0.2) is 20.1 Å². The molecule has 0 aliphatic heterocycles. The summed E-state index contributed by atoms with van der Waals surface area (Å²) in [4.78, 5) is 0. The van der Waals surface area contributed by atoms with Crippen LogP contribution in [0.1, 0.15) is 17.5 Å². The molecule has 0 spiro atoms. The summed E-state index contributed by atoms with van der Waals surface area (Å²) in [5.41, 5.74) is 1.76. The molecule has 0 radical (unpaired) electrons. The molecule has 0 unspecified atom stereocenters. The summed E-state index contributed by atoms with van der Waals surface area (Å²) in [5, 5.41) is 20.7. The van der Waals surface area contributed by atoms with Gasteiger partial charge in [0.1, 0.15) is 0 Å². The predicted molar refractivity (Wildman–Crippen MR) is 62.7 cm³/mol.